The normalized spacial score (nSPS) is 21.1. The quantitative estimate of drug-likeness (QED) is 0.137. The number of aliphatic hydroxyl groups is 1. The van der Waals surface area contributed by atoms with Crippen LogP contribution in [0, 0.1) is 5.92 Å². The molecule has 0 aromatic heterocycles. The number of ether oxygens (including phenoxy) is 5. The Kier molecular flexibility index (Phi) is 10.6. The zero-order valence-electron chi connectivity index (χ0n) is 20.6. The molecule has 0 aliphatic carbocycles. The Bertz CT molecular complexity index is 972. The Hall–Kier alpha value is -3.08. The Balaban J connectivity index is 2.23. The Morgan fingerprint density at radius 1 is 1.31 bits per heavy atom. The van der Waals surface area contributed by atoms with Crippen LogP contribution in [0.25, 0.3) is 16.5 Å². The number of aromatic carboxylic acids is 1. The molecule has 1 fully saturated rings. The van der Waals surface area contributed by atoms with E-state index in [1.807, 2.05) is 6.92 Å². The van der Waals surface area contributed by atoms with Crippen LogP contribution >= 0.6 is 0 Å². The predicted molar refractivity (Wildman–Crippen MR) is 128 cm³/mol. The standard InChI is InChI=1S/C24H33N3O8/c1-15(13-26-27-25)9-10-18(28)22-19(34-24(2,3)35-22)8-6-7-16-11-17(32-5)12-20(33-14-31-4)21(16)23(29)30/h6-7,9-12,15,18-19,22,28H,8,13-14H2,1-5H3,(H,29,30)/b7-6+,10-9-/t15-,18?,19-,22?/m0/s1. The molecule has 0 spiro atoms. The molecular formula is C24H33N3O8. The highest BCUT2D eigenvalue weighted by molar-refractivity contribution is 5.95. The number of rotatable bonds is 13. The van der Waals surface area contributed by atoms with Crippen molar-refractivity contribution in [3.63, 3.8) is 0 Å². The fraction of sp³-hybridized carbons (Fsp3) is 0.542. The second-order valence-corrected chi connectivity index (χ2v) is 8.49. The molecule has 35 heavy (non-hydrogen) atoms. The number of nitrogens with zero attached hydrogens (tertiary/aromatic N) is 3. The lowest BCUT2D eigenvalue weighted by Gasteiger charge is -2.20. The van der Waals surface area contributed by atoms with Crippen LogP contribution in [0.3, 0.4) is 0 Å². The van der Waals surface area contributed by atoms with Gasteiger partial charge >= 0.3 is 5.97 Å². The number of carbonyl (C=O) groups is 1. The predicted octanol–water partition coefficient (Wildman–Crippen LogP) is 4.16. The number of carboxylic acid groups (broad SMARTS) is 1. The molecular weight excluding hydrogens is 458 g/mol. The SMILES string of the molecule is COCOc1cc(OC)cc(/C=C/C[C@@H]2OC(C)(C)OC2C(O)/C=C\[C@H](C)CN=[N+]=[N-])c1C(=O)O. The zero-order valence-corrected chi connectivity index (χ0v) is 20.6. The summed E-state index contributed by atoms with van der Waals surface area (Å²) in [5, 5.41) is 24.0. The number of aliphatic hydroxyl groups excluding tert-OH is 1. The lowest BCUT2D eigenvalue weighted by atomic mass is 10.0. The molecule has 1 aromatic rings. The van der Waals surface area contributed by atoms with Crippen molar-refractivity contribution in [2.24, 2.45) is 11.0 Å². The van der Waals surface area contributed by atoms with Crippen LogP contribution in [0.2, 0.25) is 0 Å². The zero-order chi connectivity index (χ0) is 26.0. The van der Waals surface area contributed by atoms with Gasteiger partial charge in [-0.3, -0.25) is 0 Å². The van der Waals surface area contributed by atoms with Crippen LogP contribution < -0.4 is 9.47 Å². The first-order valence-corrected chi connectivity index (χ1v) is 11.1. The van der Waals surface area contributed by atoms with Gasteiger partial charge in [0.1, 0.15) is 29.3 Å². The molecule has 2 rings (SSSR count). The third-order valence-electron chi connectivity index (χ3n) is 5.18. The van der Waals surface area contributed by atoms with Gasteiger partial charge in [0.15, 0.2) is 12.6 Å². The van der Waals surface area contributed by atoms with Crippen LogP contribution in [-0.4, -0.2) is 67.8 Å². The van der Waals surface area contributed by atoms with Gasteiger partial charge in [-0.2, -0.15) is 0 Å². The topological polar surface area (TPSA) is 152 Å². The Morgan fingerprint density at radius 3 is 2.69 bits per heavy atom. The van der Waals surface area contributed by atoms with Gasteiger partial charge in [0, 0.05) is 24.6 Å². The molecule has 192 valence electrons. The van der Waals surface area contributed by atoms with Gasteiger partial charge in [0.25, 0.3) is 0 Å². The number of benzene rings is 1. The first-order chi connectivity index (χ1) is 16.6. The summed E-state index contributed by atoms with van der Waals surface area (Å²) in [4.78, 5) is 14.7. The van der Waals surface area contributed by atoms with Crippen LogP contribution in [-0.2, 0) is 14.2 Å². The third-order valence-corrected chi connectivity index (χ3v) is 5.18. The van der Waals surface area contributed by atoms with E-state index in [1.165, 1.54) is 20.3 Å². The maximum absolute atomic E-state index is 11.9. The van der Waals surface area contributed by atoms with Crippen molar-refractivity contribution in [1.82, 2.24) is 0 Å². The monoisotopic (exact) mass is 491 g/mol. The lowest BCUT2D eigenvalue weighted by Crippen LogP contribution is -2.34. The van der Waals surface area contributed by atoms with Crippen molar-refractivity contribution in [2.45, 2.75) is 51.3 Å². The molecule has 4 atom stereocenters. The summed E-state index contributed by atoms with van der Waals surface area (Å²) < 4.78 is 27.5. The summed E-state index contributed by atoms with van der Waals surface area (Å²) >= 11 is 0. The third kappa shape index (κ3) is 8.27. The van der Waals surface area contributed by atoms with Crippen LogP contribution in [0.5, 0.6) is 11.5 Å². The molecule has 1 heterocycles. The van der Waals surface area contributed by atoms with Gasteiger partial charge < -0.3 is 33.9 Å². The molecule has 0 bridgehead atoms. The summed E-state index contributed by atoms with van der Waals surface area (Å²) in [5.41, 5.74) is 8.79. The van der Waals surface area contributed by atoms with E-state index in [9.17, 15) is 15.0 Å². The molecule has 11 nitrogen and oxygen atoms in total. The van der Waals surface area contributed by atoms with Gasteiger partial charge in [-0.25, -0.2) is 4.79 Å². The number of hydrogen-bond donors (Lipinski definition) is 2. The largest absolute Gasteiger partial charge is 0.497 e. The van der Waals surface area contributed by atoms with Crippen molar-refractivity contribution in [3.8, 4) is 11.5 Å². The van der Waals surface area contributed by atoms with Gasteiger partial charge in [-0.1, -0.05) is 36.3 Å². The van der Waals surface area contributed by atoms with Crippen molar-refractivity contribution in [3.05, 3.63) is 51.9 Å². The molecule has 0 amide bonds. The van der Waals surface area contributed by atoms with E-state index in [0.717, 1.165) is 0 Å². The second kappa shape index (κ2) is 13.1. The van der Waals surface area contributed by atoms with Crippen molar-refractivity contribution in [1.29, 1.82) is 0 Å². The number of hydrogen-bond acceptors (Lipinski definition) is 8. The molecule has 0 radical (unpaired) electrons. The van der Waals surface area contributed by atoms with Crippen LogP contribution in [0.15, 0.2) is 35.5 Å². The second-order valence-electron chi connectivity index (χ2n) is 8.49. The summed E-state index contributed by atoms with van der Waals surface area (Å²) in [7, 11) is 2.91. The minimum Gasteiger partial charge on any atom is -0.497 e. The molecule has 0 saturated carbocycles. The molecule has 2 N–H and O–H groups in total. The molecule has 1 aromatic carbocycles. The molecule has 1 aliphatic rings. The van der Waals surface area contributed by atoms with E-state index in [-0.39, 0.29) is 30.6 Å². The average Bonchev–Trinajstić information content (AvgIpc) is 3.13. The minimum atomic E-state index is -1.16. The lowest BCUT2D eigenvalue weighted by molar-refractivity contribution is -0.152. The Labute approximate surface area is 204 Å². The molecule has 1 saturated heterocycles. The molecule has 2 unspecified atom stereocenters. The van der Waals surface area contributed by atoms with Gasteiger partial charge in [0.2, 0.25) is 0 Å². The fourth-order valence-corrected chi connectivity index (χ4v) is 3.63. The average molecular weight is 492 g/mol. The highest BCUT2D eigenvalue weighted by atomic mass is 16.8. The van der Waals surface area contributed by atoms with Gasteiger partial charge in [-0.15, -0.1) is 0 Å². The summed E-state index contributed by atoms with van der Waals surface area (Å²) in [6.45, 7) is 5.55. The van der Waals surface area contributed by atoms with E-state index in [4.69, 9.17) is 29.2 Å². The number of carboxylic acids is 1. The van der Waals surface area contributed by atoms with Crippen LogP contribution in [0.4, 0.5) is 0 Å². The van der Waals surface area contributed by atoms with E-state index in [1.54, 1.807) is 44.2 Å². The molecule has 11 heteroatoms. The number of azide groups is 1. The fourth-order valence-electron chi connectivity index (χ4n) is 3.63. The van der Waals surface area contributed by atoms with Gasteiger partial charge in [-0.05, 0) is 43.3 Å². The maximum Gasteiger partial charge on any atom is 0.340 e. The van der Waals surface area contributed by atoms with Crippen molar-refractivity contribution < 1.29 is 38.7 Å². The van der Waals surface area contributed by atoms with Gasteiger partial charge in [0.05, 0.1) is 13.2 Å². The van der Waals surface area contributed by atoms with Crippen LogP contribution in [0.1, 0.15) is 43.1 Å². The highest BCUT2D eigenvalue weighted by Gasteiger charge is 2.43. The summed E-state index contributed by atoms with van der Waals surface area (Å²) in [6, 6.07) is 3.08. The van der Waals surface area contributed by atoms with Crippen molar-refractivity contribution in [2.75, 3.05) is 27.6 Å². The highest BCUT2D eigenvalue weighted by Crippen LogP contribution is 2.34. The van der Waals surface area contributed by atoms with E-state index in [0.29, 0.717) is 17.7 Å². The summed E-state index contributed by atoms with van der Waals surface area (Å²) in [6.07, 6.45) is 5.01. The first-order valence-electron chi connectivity index (χ1n) is 11.1. The smallest absolute Gasteiger partial charge is 0.340 e. The van der Waals surface area contributed by atoms with Crippen molar-refractivity contribution >= 4 is 12.0 Å². The van der Waals surface area contributed by atoms with E-state index >= 15 is 0 Å². The maximum atomic E-state index is 11.9. The first kappa shape index (κ1) is 28.2. The van der Waals surface area contributed by atoms with E-state index in [2.05, 4.69) is 10.0 Å². The molecule has 1 aliphatic heterocycles. The minimum absolute atomic E-state index is 0.0310. The summed E-state index contributed by atoms with van der Waals surface area (Å²) in [5.74, 6) is -1.57. The number of methoxy groups -OCH3 is 2. The Morgan fingerprint density at radius 2 is 2.06 bits per heavy atom. The van der Waals surface area contributed by atoms with E-state index < -0.39 is 30.1 Å².